The van der Waals surface area contributed by atoms with Crippen LogP contribution in [0.5, 0.6) is 0 Å². The summed E-state index contributed by atoms with van der Waals surface area (Å²) in [6.45, 7) is 1.76. The topological polar surface area (TPSA) is 58.6 Å². The highest BCUT2D eigenvalue weighted by atomic mass is 16.5. The lowest BCUT2D eigenvalue weighted by Gasteiger charge is -2.29. The number of hydrogen-bond acceptors (Lipinski definition) is 3. The third-order valence-electron chi connectivity index (χ3n) is 3.98. The van der Waals surface area contributed by atoms with Crippen molar-refractivity contribution in [1.29, 1.82) is 0 Å². The quantitative estimate of drug-likeness (QED) is 0.760. The zero-order chi connectivity index (χ0) is 13.0. The Morgan fingerprint density at radius 3 is 2.28 bits per heavy atom. The zero-order valence-corrected chi connectivity index (χ0v) is 11.0. The lowest BCUT2D eigenvalue weighted by Crippen LogP contribution is -2.45. The highest BCUT2D eigenvalue weighted by Crippen LogP contribution is 2.25. The number of carbonyl (C=O) groups excluding carboxylic acids is 2. The molecule has 2 aliphatic rings. The van der Waals surface area contributed by atoms with E-state index >= 15 is 0 Å². The molecule has 2 fully saturated rings. The minimum absolute atomic E-state index is 0.0231. The number of nitrogens with zero attached hydrogens (tertiary/aromatic N) is 1. The number of methoxy groups -OCH3 is 1. The molecule has 5 heteroatoms. The zero-order valence-electron chi connectivity index (χ0n) is 11.0. The van der Waals surface area contributed by atoms with Crippen LogP contribution >= 0.6 is 0 Å². The van der Waals surface area contributed by atoms with Crippen LogP contribution in [-0.4, -0.2) is 43.1 Å². The first-order valence-electron chi connectivity index (χ1n) is 6.84. The second-order valence-corrected chi connectivity index (χ2v) is 5.22. The van der Waals surface area contributed by atoms with Crippen molar-refractivity contribution in [3.05, 3.63) is 0 Å². The van der Waals surface area contributed by atoms with Crippen molar-refractivity contribution in [3.63, 3.8) is 0 Å². The second kappa shape index (κ2) is 6.07. The molecule has 1 N–H and O–H groups in total. The lowest BCUT2D eigenvalue weighted by atomic mass is 9.86. The summed E-state index contributed by atoms with van der Waals surface area (Å²) >= 11 is 0. The van der Waals surface area contributed by atoms with E-state index in [-0.39, 0.29) is 24.0 Å². The number of nitrogens with one attached hydrogen (secondary N) is 1. The summed E-state index contributed by atoms with van der Waals surface area (Å²) < 4.78 is 4.75. The molecular formula is C13H22N2O3. The first-order chi connectivity index (χ1) is 8.70. The van der Waals surface area contributed by atoms with Crippen LogP contribution in [0.1, 0.15) is 38.5 Å². The largest absolute Gasteiger partial charge is 0.469 e. The van der Waals surface area contributed by atoms with Gasteiger partial charge in [-0.25, -0.2) is 4.79 Å². The van der Waals surface area contributed by atoms with Gasteiger partial charge >= 0.3 is 12.0 Å². The highest BCUT2D eigenvalue weighted by molar-refractivity contribution is 5.75. The van der Waals surface area contributed by atoms with E-state index in [1.54, 1.807) is 0 Å². The summed E-state index contributed by atoms with van der Waals surface area (Å²) in [5.41, 5.74) is 0. The molecule has 2 amide bonds. The number of hydrogen-bond donors (Lipinski definition) is 1. The molecule has 1 aliphatic heterocycles. The maximum atomic E-state index is 11.9. The van der Waals surface area contributed by atoms with Crippen molar-refractivity contribution in [3.8, 4) is 0 Å². The van der Waals surface area contributed by atoms with Crippen molar-refractivity contribution in [2.75, 3.05) is 20.2 Å². The van der Waals surface area contributed by atoms with Crippen molar-refractivity contribution >= 4 is 12.0 Å². The van der Waals surface area contributed by atoms with Gasteiger partial charge in [-0.1, -0.05) is 0 Å². The van der Waals surface area contributed by atoms with Crippen LogP contribution in [0, 0.1) is 5.92 Å². The first-order valence-corrected chi connectivity index (χ1v) is 6.84. The van der Waals surface area contributed by atoms with Gasteiger partial charge in [-0.3, -0.25) is 4.79 Å². The van der Waals surface area contributed by atoms with Gasteiger partial charge in [0.05, 0.1) is 13.0 Å². The Labute approximate surface area is 108 Å². The normalized spacial score (nSPS) is 27.9. The Kier molecular flexibility index (Phi) is 4.44. The summed E-state index contributed by atoms with van der Waals surface area (Å²) in [7, 11) is 1.43. The summed E-state index contributed by atoms with van der Waals surface area (Å²) in [6.07, 6.45) is 5.61. The molecule has 18 heavy (non-hydrogen) atoms. The van der Waals surface area contributed by atoms with E-state index < -0.39 is 0 Å². The van der Waals surface area contributed by atoms with Crippen LogP contribution in [0.3, 0.4) is 0 Å². The average Bonchev–Trinajstić information content (AvgIpc) is 2.92. The Morgan fingerprint density at radius 2 is 1.72 bits per heavy atom. The van der Waals surface area contributed by atoms with E-state index in [1.165, 1.54) is 7.11 Å². The molecule has 0 aromatic carbocycles. The number of rotatable bonds is 2. The number of ether oxygens (including phenoxy) is 1. The number of esters is 1. The molecule has 1 aliphatic carbocycles. The molecule has 0 aromatic rings. The van der Waals surface area contributed by atoms with Crippen molar-refractivity contribution in [2.24, 2.45) is 5.92 Å². The molecule has 0 atom stereocenters. The minimum Gasteiger partial charge on any atom is -0.469 e. The summed E-state index contributed by atoms with van der Waals surface area (Å²) in [5.74, 6) is -0.0886. The maximum absolute atomic E-state index is 11.9. The van der Waals surface area contributed by atoms with Gasteiger partial charge in [0.15, 0.2) is 0 Å². The van der Waals surface area contributed by atoms with E-state index in [2.05, 4.69) is 5.32 Å². The molecule has 1 saturated carbocycles. The SMILES string of the molecule is COC(=O)C1CCC(NC(=O)N2CCCC2)CC1. The Balaban J connectivity index is 1.73. The average molecular weight is 254 g/mol. The van der Waals surface area contributed by atoms with Gasteiger partial charge in [0.25, 0.3) is 0 Å². The summed E-state index contributed by atoms with van der Waals surface area (Å²) in [5, 5.41) is 3.07. The molecular weight excluding hydrogens is 232 g/mol. The predicted octanol–water partition coefficient (Wildman–Crippen LogP) is 1.52. The Morgan fingerprint density at radius 1 is 1.11 bits per heavy atom. The summed E-state index contributed by atoms with van der Waals surface area (Å²) in [4.78, 5) is 25.2. The third kappa shape index (κ3) is 3.15. The lowest BCUT2D eigenvalue weighted by molar-refractivity contribution is -0.146. The number of likely N-dealkylation sites (tertiary alicyclic amines) is 1. The van der Waals surface area contributed by atoms with E-state index in [1.807, 2.05) is 4.90 Å². The molecule has 0 aromatic heterocycles. The Hall–Kier alpha value is -1.26. The molecule has 0 spiro atoms. The fraction of sp³-hybridized carbons (Fsp3) is 0.846. The molecule has 102 valence electrons. The predicted molar refractivity (Wildman–Crippen MR) is 67.1 cm³/mol. The van der Waals surface area contributed by atoms with Crippen molar-refractivity contribution < 1.29 is 14.3 Å². The van der Waals surface area contributed by atoms with Gasteiger partial charge in [-0.05, 0) is 38.5 Å². The van der Waals surface area contributed by atoms with Gasteiger partial charge in [-0.2, -0.15) is 0 Å². The minimum atomic E-state index is -0.112. The standard InChI is InChI=1S/C13H22N2O3/c1-18-12(16)10-4-6-11(7-5-10)14-13(17)15-8-2-3-9-15/h10-11H,2-9H2,1H3,(H,14,17). The van der Waals surface area contributed by atoms with Gasteiger partial charge in [0.2, 0.25) is 0 Å². The molecule has 5 nitrogen and oxygen atoms in total. The Bertz CT molecular complexity index is 305. The molecule has 0 radical (unpaired) electrons. The van der Waals surface area contributed by atoms with Crippen LogP contribution in [0.15, 0.2) is 0 Å². The number of amides is 2. The number of carbonyl (C=O) groups is 2. The summed E-state index contributed by atoms with van der Waals surface area (Å²) in [6, 6.07) is 0.285. The van der Waals surface area contributed by atoms with E-state index in [9.17, 15) is 9.59 Å². The maximum Gasteiger partial charge on any atom is 0.317 e. The van der Waals surface area contributed by atoms with Crippen LogP contribution in [0.4, 0.5) is 4.79 Å². The molecule has 1 saturated heterocycles. The van der Waals surface area contributed by atoms with Crippen LogP contribution in [0.2, 0.25) is 0 Å². The monoisotopic (exact) mass is 254 g/mol. The molecule has 0 unspecified atom stereocenters. The smallest absolute Gasteiger partial charge is 0.317 e. The van der Waals surface area contributed by atoms with Crippen LogP contribution in [-0.2, 0) is 9.53 Å². The van der Waals surface area contributed by atoms with E-state index in [0.29, 0.717) is 0 Å². The van der Waals surface area contributed by atoms with E-state index in [4.69, 9.17) is 4.74 Å². The number of urea groups is 1. The van der Waals surface area contributed by atoms with Crippen LogP contribution in [0.25, 0.3) is 0 Å². The molecule has 0 bridgehead atoms. The highest BCUT2D eigenvalue weighted by Gasteiger charge is 2.28. The second-order valence-electron chi connectivity index (χ2n) is 5.22. The van der Waals surface area contributed by atoms with Gasteiger partial charge < -0.3 is 15.0 Å². The van der Waals surface area contributed by atoms with Gasteiger partial charge in [-0.15, -0.1) is 0 Å². The first kappa shape index (κ1) is 13.2. The van der Waals surface area contributed by atoms with Gasteiger partial charge in [0.1, 0.15) is 0 Å². The van der Waals surface area contributed by atoms with Crippen molar-refractivity contribution in [2.45, 2.75) is 44.6 Å². The molecule has 1 heterocycles. The fourth-order valence-electron chi connectivity index (χ4n) is 2.83. The fourth-order valence-corrected chi connectivity index (χ4v) is 2.83. The third-order valence-corrected chi connectivity index (χ3v) is 3.98. The van der Waals surface area contributed by atoms with Crippen LogP contribution < -0.4 is 5.32 Å². The van der Waals surface area contributed by atoms with Crippen molar-refractivity contribution in [1.82, 2.24) is 10.2 Å². The van der Waals surface area contributed by atoms with E-state index in [0.717, 1.165) is 51.6 Å². The molecule has 2 rings (SSSR count). The van der Waals surface area contributed by atoms with Gasteiger partial charge in [0, 0.05) is 19.1 Å².